The van der Waals surface area contributed by atoms with E-state index in [-0.39, 0.29) is 0 Å². The van der Waals surface area contributed by atoms with E-state index < -0.39 is 0 Å². The first-order valence-electron chi connectivity index (χ1n) is 6.51. The predicted octanol–water partition coefficient (Wildman–Crippen LogP) is 3.06. The second-order valence-corrected chi connectivity index (χ2v) is 5.89. The zero-order chi connectivity index (χ0) is 11.7. The van der Waals surface area contributed by atoms with Crippen molar-refractivity contribution in [2.75, 3.05) is 24.7 Å². The molecule has 0 aromatic heterocycles. The van der Waals surface area contributed by atoms with Gasteiger partial charge in [-0.05, 0) is 56.3 Å². The molecule has 0 spiro atoms. The maximum absolute atomic E-state index is 3.71. The fraction of sp³-hybridized carbons (Fsp3) is 0.571. The van der Waals surface area contributed by atoms with E-state index in [0.29, 0.717) is 6.04 Å². The standard InChI is InChI=1S/C14H20N2S/c1-17-12-6-4-11(5-7-12)15-13-8-10-16-9-2-3-14(13)16/h4-7,13-15H,2-3,8-10H2,1H3. The quantitative estimate of drug-likeness (QED) is 0.828. The fourth-order valence-corrected chi connectivity index (χ4v) is 3.56. The van der Waals surface area contributed by atoms with Gasteiger partial charge in [0.1, 0.15) is 0 Å². The lowest BCUT2D eigenvalue weighted by Gasteiger charge is -2.22. The van der Waals surface area contributed by atoms with Gasteiger partial charge in [0.05, 0.1) is 0 Å². The van der Waals surface area contributed by atoms with E-state index in [1.54, 1.807) is 11.8 Å². The molecule has 2 aliphatic rings. The Morgan fingerprint density at radius 2 is 2.00 bits per heavy atom. The van der Waals surface area contributed by atoms with Gasteiger partial charge in [0.2, 0.25) is 0 Å². The van der Waals surface area contributed by atoms with E-state index in [4.69, 9.17) is 0 Å². The summed E-state index contributed by atoms with van der Waals surface area (Å²) in [7, 11) is 0. The van der Waals surface area contributed by atoms with Crippen LogP contribution in [0.25, 0.3) is 0 Å². The number of nitrogens with zero attached hydrogens (tertiary/aromatic N) is 1. The molecule has 2 fully saturated rings. The third kappa shape index (κ3) is 2.31. The van der Waals surface area contributed by atoms with E-state index in [9.17, 15) is 0 Å². The first-order valence-corrected chi connectivity index (χ1v) is 7.74. The van der Waals surface area contributed by atoms with Crippen molar-refractivity contribution in [2.45, 2.75) is 36.2 Å². The van der Waals surface area contributed by atoms with Crippen LogP contribution in [-0.2, 0) is 0 Å². The smallest absolute Gasteiger partial charge is 0.0429 e. The van der Waals surface area contributed by atoms with Crippen molar-refractivity contribution in [1.82, 2.24) is 4.90 Å². The molecule has 2 heterocycles. The van der Waals surface area contributed by atoms with Crippen LogP contribution in [0.5, 0.6) is 0 Å². The highest BCUT2D eigenvalue weighted by molar-refractivity contribution is 7.98. The normalized spacial score (nSPS) is 28.3. The molecule has 1 aromatic rings. The Kier molecular flexibility index (Phi) is 3.30. The van der Waals surface area contributed by atoms with Gasteiger partial charge in [-0.3, -0.25) is 4.90 Å². The van der Waals surface area contributed by atoms with Crippen molar-refractivity contribution in [3.63, 3.8) is 0 Å². The largest absolute Gasteiger partial charge is 0.381 e. The summed E-state index contributed by atoms with van der Waals surface area (Å²) in [4.78, 5) is 3.98. The van der Waals surface area contributed by atoms with Gasteiger partial charge in [0.25, 0.3) is 0 Å². The van der Waals surface area contributed by atoms with Gasteiger partial charge < -0.3 is 5.32 Å². The molecule has 2 saturated heterocycles. The van der Waals surface area contributed by atoms with Gasteiger partial charge in [0, 0.05) is 29.2 Å². The molecule has 0 saturated carbocycles. The zero-order valence-electron chi connectivity index (χ0n) is 10.4. The Labute approximate surface area is 108 Å². The average Bonchev–Trinajstić information content (AvgIpc) is 2.95. The summed E-state index contributed by atoms with van der Waals surface area (Å²) in [5, 5.41) is 3.71. The molecule has 2 aliphatic heterocycles. The highest BCUT2D eigenvalue weighted by Crippen LogP contribution is 2.30. The summed E-state index contributed by atoms with van der Waals surface area (Å²) in [6, 6.07) is 10.3. The topological polar surface area (TPSA) is 15.3 Å². The number of rotatable bonds is 3. The Hall–Kier alpha value is -0.670. The molecule has 17 heavy (non-hydrogen) atoms. The summed E-state index contributed by atoms with van der Waals surface area (Å²) >= 11 is 1.80. The molecule has 3 heteroatoms. The lowest BCUT2D eigenvalue weighted by molar-refractivity contribution is 0.318. The number of hydrogen-bond acceptors (Lipinski definition) is 3. The predicted molar refractivity (Wildman–Crippen MR) is 74.8 cm³/mol. The molecule has 1 N–H and O–H groups in total. The molecule has 92 valence electrons. The van der Waals surface area contributed by atoms with Crippen molar-refractivity contribution >= 4 is 17.4 Å². The van der Waals surface area contributed by atoms with Crippen molar-refractivity contribution in [1.29, 1.82) is 0 Å². The monoisotopic (exact) mass is 248 g/mol. The summed E-state index contributed by atoms with van der Waals surface area (Å²) in [6.07, 6.45) is 6.18. The van der Waals surface area contributed by atoms with E-state index in [1.807, 2.05) is 0 Å². The van der Waals surface area contributed by atoms with E-state index >= 15 is 0 Å². The van der Waals surface area contributed by atoms with Gasteiger partial charge in [-0.25, -0.2) is 0 Å². The van der Waals surface area contributed by atoms with Crippen LogP contribution in [-0.4, -0.2) is 36.3 Å². The molecule has 2 unspecified atom stereocenters. The van der Waals surface area contributed by atoms with E-state index in [2.05, 4.69) is 40.7 Å². The molecule has 3 rings (SSSR count). The molecular weight excluding hydrogens is 228 g/mol. The van der Waals surface area contributed by atoms with Crippen LogP contribution >= 0.6 is 11.8 Å². The van der Waals surface area contributed by atoms with Gasteiger partial charge in [0.15, 0.2) is 0 Å². The minimum absolute atomic E-state index is 0.664. The van der Waals surface area contributed by atoms with Crippen molar-refractivity contribution in [3.8, 4) is 0 Å². The molecule has 0 amide bonds. The van der Waals surface area contributed by atoms with Crippen molar-refractivity contribution in [3.05, 3.63) is 24.3 Å². The Morgan fingerprint density at radius 1 is 1.18 bits per heavy atom. The first-order chi connectivity index (χ1) is 8.36. The first kappa shape index (κ1) is 11.4. The lowest BCUT2D eigenvalue weighted by atomic mass is 10.1. The number of nitrogens with one attached hydrogen (secondary N) is 1. The highest BCUT2D eigenvalue weighted by Gasteiger charge is 2.36. The van der Waals surface area contributed by atoms with E-state index in [1.165, 1.54) is 42.9 Å². The Bertz CT molecular complexity index is 376. The Morgan fingerprint density at radius 3 is 2.76 bits per heavy atom. The van der Waals surface area contributed by atoms with Crippen LogP contribution in [0.2, 0.25) is 0 Å². The number of thioether (sulfide) groups is 1. The number of fused-ring (bicyclic) bond motifs is 1. The van der Waals surface area contributed by atoms with Crippen molar-refractivity contribution in [2.24, 2.45) is 0 Å². The third-order valence-electron chi connectivity index (χ3n) is 4.05. The average molecular weight is 248 g/mol. The highest BCUT2D eigenvalue weighted by atomic mass is 32.2. The van der Waals surface area contributed by atoms with E-state index in [0.717, 1.165) is 6.04 Å². The Balaban J connectivity index is 1.66. The minimum Gasteiger partial charge on any atom is -0.381 e. The van der Waals surface area contributed by atoms with Crippen LogP contribution in [0.1, 0.15) is 19.3 Å². The summed E-state index contributed by atoms with van der Waals surface area (Å²) < 4.78 is 0. The number of anilines is 1. The zero-order valence-corrected chi connectivity index (χ0v) is 11.2. The molecule has 1 aromatic carbocycles. The number of benzene rings is 1. The second-order valence-electron chi connectivity index (χ2n) is 5.01. The fourth-order valence-electron chi connectivity index (χ4n) is 3.15. The molecular formula is C14H20N2S. The molecule has 0 aliphatic carbocycles. The van der Waals surface area contributed by atoms with Crippen LogP contribution in [0.15, 0.2) is 29.2 Å². The van der Waals surface area contributed by atoms with Gasteiger partial charge in [-0.1, -0.05) is 0 Å². The molecule has 0 radical (unpaired) electrons. The summed E-state index contributed by atoms with van der Waals surface area (Å²) in [5.41, 5.74) is 1.28. The summed E-state index contributed by atoms with van der Waals surface area (Å²) in [6.45, 7) is 2.60. The van der Waals surface area contributed by atoms with Gasteiger partial charge >= 0.3 is 0 Å². The molecule has 2 atom stereocenters. The maximum Gasteiger partial charge on any atom is 0.0429 e. The van der Waals surface area contributed by atoms with Crippen LogP contribution < -0.4 is 5.32 Å². The molecule has 0 bridgehead atoms. The molecule has 2 nitrogen and oxygen atoms in total. The lowest BCUT2D eigenvalue weighted by Crippen LogP contribution is -2.33. The number of hydrogen-bond donors (Lipinski definition) is 1. The minimum atomic E-state index is 0.664. The maximum atomic E-state index is 3.71. The van der Waals surface area contributed by atoms with Crippen molar-refractivity contribution < 1.29 is 0 Å². The SMILES string of the molecule is CSc1ccc(NC2CCN3CCCC23)cc1. The second kappa shape index (κ2) is 4.91. The van der Waals surface area contributed by atoms with Crippen LogP contribution in [0.4, 0.5) is 5.69 Å². The van der Waals surface area contributed by atoms with Gasteiger partial charge in [-0.15, -0.1) is 11.8 Å². The van der Waals surface area contributed by atoms with Gasteiger partial charge in [-0.2, -0.15) is 0 Å². The third-order valence-corrected chi connectivity index (χ3v) is 4.79. The summed E-state index contributed by atoms with van der Waals surface area (Å²) in [5.74, 6) is 0. The van der Waals surface area contributed by atoms with Crippen LogP contribution in [0.3, 0.4) is 0 Å². The van der Waals surface area contributed by atoms with Crippen LogP contribution in [0, 0.1) is 0 Å².